The molecular weight excluding hydrogens is 356 g/mol. The van der Waals surface area contributed by atoms with Crippen molar-refractivity contribution in [3.63, 3.8) is 0 Å². The maximum Gasteiger partial charge on any atom is 0.243 e. The Kier molecular flexibility index (Phi) is 5.55. The second kappa shape index (κ2) is 8.41. The monoisotopic (exact) mass is 378 g/mol. The number of rotatable bonds is 6. The second-order valence-electron chi connectivity index (χ2n) is 6.77. The van der Waals surface area contributed by atoms with E-state index >= 15 is 0 Å². The van der Waals surface area contributed by atoms with Crippen molar-refractivity contribution >= 4 is 22.4 Å². The van der Waals surface area contributed by atoms with E-state index in [4.69, 9.17) is 0 Å². The van der Waals surface area contributed by atoms with Crippen molar-refractivity contribution in [2.24, 2.45) is 0 Å². The minimum atomic E-state index is -0.105. The van der Waals surface area contributed by atoms with E-state index in [9.17, 15) is 4.79 Å². The molecule has 1 amide bonds. The molecule has 1 aromatic heterocycles. The molecule has 5 nitrogen and oxygen atoms in total. The summed E-state index contributed by atoms with van der Waals surface area (Å²) < 4.78 is 0. The third-order valence-electron chi connectivity index (χ3n) is 4.79. The van der Waals surface area contributed by atoms with Crippen molar-refractivity contribution in [2.75, 3.05) is 11.9 Å². The van der Waals surface area contributed by atoms with Gasteiger partial charge in [0.2, 0.25) is 11.0 Å². The van der Waals surface area contributed by atoms with E-state index in [-0.39, 0.29) is 11.9 Å². The number of nitrogens with one attached hydrogen (secondary N) is 1. The number of carbonyl (C=O) groups excluding carboxylic acids is 1. The molecule has 1 atom stereocenters. The summed E-state index contributed by atoms with van der Waals surface area (Å²) in [6.45, 7) is 1.75. The van der Waals surface area contributed by atoms with Crippen molar-refractivity contribution in [1.82, 2.24) is 15.1 Å². The molecule has 0 saturated carbocycles. The number of hydrogen-bond donors (Lipinski definition) is 1. The quantitative estimate of drug-likeness (QED) is 0.710. The van der Waals surface area contributed by atoms with Crippen molar-refractivity contribution < 1.29 is 4.79 Å². The third-order valence-corrected chi connectivity index (χ3v) is 5.63. The summed E-state index contributed by atoms with van der Waals surface area (Å²) in [7, 11) is 0. The Bertz CT molecular complexity index is 881. The lowest BCUT2D eigenvalue weighted by atomic mass is 10.1. The van der Waals surface area contributed by atoms with Crippen LogP contribution in [0.15, 0.2) is 60.7 Å². The highest BCUT2D eigenvalue weighted by Gasteiger charge is 2.31. The highest BCUT2D eigenvalue weighted by molar-refractivity contribution is 7.15. The Morgan fingerprint density at radius 1 is 1.04 bits per heavy atom. The normalized spacial score (nSPS) is 17.1. The fraction of sp³-hybridized carbons (Fsp3) is 0.286. The van der Waals surface area contributed by atoms with Gasteiger partial charge in [-0.2, -0.15) is 0 Å². The first kappa shape index (κ1) is 17.8. The van der Waals surface area contributed by atoms with Gasteiger partial charge >= 0.3 is 0 Å². The summed E-state index contributed by atoms with van der Waals surface area (Å²) in [6.07, 6.45) is 2.66. The number of likely N-dealkylation sites (tertiary alicyclic amines) is 1. The molecule has 1 fully saturated rings. The van der Waals surface area contributed by atoms with Crippen LogP contribution in [-0.2, 0) is 17.8 Å². The van der Waals surface area contributed by atoms with Gasteiger partial charge in [-0.05, 0) is 30.5 Å². The van der Waals surface area contributed by atoms with Crippen molar-refractivity contribution in [1.29, 1.82) is 0 Å². The third kappa shape index (κ3) is 4.59. The van der Waals surface area contributed by atoms with Gasteiger partial charge in [-0.25, -0.2) is 0 Å². The van der Waals surface area contributed by atoms with Crippen LogP contribution in [0.1, 0.15) is 29.0 Å². The lowest BCUT2D eigenvalue weighted by molar-refractivity contribution is -0.120. The molecule has 27 heavy (non-hydrogen) atoms. The molecule has 0 bridgehead atoms. The van der Waals surface area contributed by atoms with Gasteiger partial charge in [0.25, 0.3) is 0 Å². The molecule has 0 aliphatic carbocycles. The predicted molar refractivity (Wildman–Crippen MR) is 108 cm³/mol. The van der Waals surface area contributed by atoms with Crippen LogP contribution in [0.4, 0.5) is 5.13 Å². The van der Waals surface area contributed by atoms with E-state index in [1.807, 2.05) is 36.4 Å². The average molecular weight is 379 g/mol. The number of nitrogens with zero attached hydrogens (tertiary/aromatic N) is 3. The molecule has 0 unspecified atom stereocenters. The highest BCUT2D eigenvalue weighted by Crippen LogP contribution is 2.23. The molecule has 3 aromatic rings. The topological polar surface area (TPSA) is 58.1 Å². The van der Waals surface area contributed by atoms with Gasteiger partial charge in [-0.3, -0.25) is 15.0 Å². The average Bonchev–Trinajstić information content (AvgIpc) is 3.33. The maximum atomic E-state index is 12.8. The standard InChI is InChI=1S/C21H22N4OS/c26-20(18-12-7-13-25(18)15-17-10-5-2-6-11-17)22-21-24-23-19(27-21)14-16-8-3-1-4-9-16/h1-6,8-11,18H,7,12-15H2,(H,22,24,26)/t18-/m0/s1. The van der Waals surface area contributed by atoms with E-state index in [0.29, 0.717) is 5.13 Å². The number of anilines is 1. The Labute approximate surface area is 163 Å². The van der Waals surface area contributed by atoms with Crippen LogP contribution >= 0.6 is 11.3 Å². The molecule has 0 spiro atoms. The molecule has 2 aromatic carbocycles. The summed E-state index contributed by atoms with van der Waals surface area (Å²) >= 11 is 1.45. The Morgan fingerprint density at radius 3 is 2.48 bits per heavy atom. The minimum Gasteiger partial charge on any atom is -0.299 e. The zero-order chi connectivity index (χ0) is 18.5. The molecule has 1 N–H and O–H groups in total. The maximum absolute atomic E-state index is 12.8. The molecule has 1 aliphatic heterocycles. The first-order chi connectivity index (χ1) is 13.3. The Morgan fingerprint density at radius 2 is 1.74 bits per heavy atom. The van der Waals surface area contributed by atoms with Crippen LogP contribution < -0.4 is 5.32 Å². The molecule has 6 heteroatoms. The lowest BCUT2D eigenvalue weighted by Gasteiger charge is -2.23. The summed E-state index contributed by atoms with van der Waals surface area (Å²) in [4.78, 5) is 15.0. The first-order valence-corrected chi connectivity index (χ1v) is 10.0. The Balaban J connectivity index is 1.37. The summed E-state index contributed by atoms with van der Waals surface area (Å²) in [5.41, 5.74) is 2.43. The molecular formula is C21H22N4OS. The molecule has 2 heterocycles. The number of aromatic nitrogens is 2. The lowest BCUT2D eigenvalue weighted by Crippen LogP contribution is -2.39. The molecule has 138 valence electrons. The second-order valence-corrected chi connectivity index (χ2v) is 7.83. The van der Waals surface area contributed by atoms with Gasteiger partial charge in [0.15, 0.2) is 0 Å². The van der Waals surface area contributed by atoms with Crippen LogP contribution in [0.25, 0.3) is 0 Å². The van der Waals surface area contributed by atoms with Crippen molar-refractivity contribution in [3.05, 3.63) is 76.8 Å². The van der Waals surface area contributed by atoms with E-state index in [1.54, 1.807) is 0 Å². The zero-order valence-electron chi connectivity index (χ0n) is 15.0. The number of carbonyl (C=O) groups is 1. The summed E-state index contributed by atoms with van der Waals surface area (Å²) in [5.74, 6) is 0.0193. The van der Waals surface area contributed by atoms with Crippen molar-refractivity contribution in [2.45, 2.75) is 31.8 Å². The number of benzene rings is 2. The highest BCUT2D eigenvalue weighted by atomic mass is 32.1. The predicted octanol–water partition coefficient (Wildman–Crippen LogP) is 3.73. The fourth-order valence-electron chi connectivity index (χ4n) is 3.46. The van der Waals surface area contributed by atoms with Gasteiger partial charge in [0, 0.05) is 13.0 Å². The first-order valence-electron chi connectivity index (χ1n) is 9.23. The number of amides is 1. The van der Waals surface area contributed by atoms with E-state index in [2.05, 4.69) is 44.7 Å². The van der Waals surface area contributed by atoms with Crippen LogP contribution in [0, 0.1) is 0 Å². The van der Waals surface area contributed by atoms with Crippen LogP contribution in [-0.4, -0.2) is 33.6 Å². The van der Waals surface area contributed by atoms with E-state index < -0.39 is 0 Å². The molecule has 4 rings (SSSR count). The fourth-order valence-corrected chi connectivity index (χ4v) is 4.24. The SMILES string of the molecule is O=C(Nc1nnc(Cc2ccccc2)s1)[C@@H]1CCCN1Cc1ccccc1. The van der Waals surface area contributed by atoms with Gasteiger partial charge < -0.3 is 0 Å². The molecule has 1 saturated heterocycles. The summed E-state index contributed by atoms with van der Waals surface area (Å²) in [6, 6.07) is 20.4. The summed E-state index contributed by atoms with van der Waals surface area (Å²) in [5, 5.41) is 12.8. The zero-order valence-corrected chi connectivity index (χ0v) is 15.9. The Hall–Kier alpha value is -2.57. The van der Waals surface area contributed by atoms with Gasteiger partial charge in [0.1, 0.15) is 5.01 Å². The smallest absolute Gasteiger partial charge is 0.243 e. The number of hydrogen-bond acceptors (Lipinski definition) is 5. The van der Waals surface area contributed by atoms with Gasteiger partial charge in [0.05, 0.1) is 6.04 Å². The largest absolute Gasteiger partial charge is 0.299 e. The molecule has 0 radical (unpaired) electrons. The van der Waals surface area contributed by atoms with Crippen molar-refractivity contribution in [3.8, 4) is 0 Å². The van der Waals surface area contributed by atoms with E-state index in [1.165, 1.54) is 22.5 Å². The van der Waals surface area contributed by atoms with Crippen LogP contribution in [0.2, 0.25) is 0 Å². The van der Waals surface area contributed by atoms with Crippen LogP contribution in [0.5, 0.6) is 0 Å². The van der Waals surface area contributed by atoms with Gasteiger partial charge in [-0.1, -0.05) is 72.0 Å². The van der Waals surface area contributed by atoms with Gasteiger partial charge in [-0.15, -0.1) is 10.2 Å². The molecule has 1 aliphatic rings. The van der Waals surface area contributed by atoms with E-state index in [0.717, 1.165) is 37.4 Å². The van der Waals surface area contributed by atoms with Crippen LogP contribution in [0.3, 0.4) is 0 Å². The minimum absolute atomic E-state index is 0.0193.